The number of likely N-dealkylation sites (N-methyl/N-ethyl adjacent to an activating group) is 1. The van der Waals surface area contributed by atoms with Gasteiger partial charge >= 0.3 is 0 Å². The second kappa shape index (κ2) is 6.19. The highest BCUT2D eigenvalue weighted by atomic mass is 19.1. The third-order valence-electron chi connectivity index (χ3n) is 3.75. The molecule has 1 N–H and O–H groups in total. The van der Waals surface area contributed by atoms with Gasteiger partial charge in [-0.1, -0.05) is 0 Å². The second-order valence-electron chi connectivity index (χ2n) is 5.14. The summed E-state index contributed by atoms with van der Waals surface area (Å²) in [6.45, 7) is 7.31. The summed E-state index contributed by atoms with van der Waals surface area (Å²) in [4.78, 5) is 2.27. The molecule has 0 aliphatic heterocycles. The van der Waals surface area contributed by atoms with E-state index in [-0.39, 0.29) is 5.82 Å². The zero-order chi connectivity index (χ0) is 13.0. The lowest BCUT2D eigenvalue weighted by Gasteiger charge is -2.24. The summed E-state index contributed by atoms with van der Waals surface area (Å²) in [6, 6.07) is 7.39. The summed E-state index contributed by atoms with van der Waals surface area (Å²) in [5.74, 6) is 0.723. The van der Waals surface area contributed by atoms with Crippen LogP contribution in [0, 0.1) is 11.7 Å². The summed E-state index contributed by atoms with van der Waals surface area (Å²) in [5.41, 5.74) is 1.10. The normalized spacial score (nSPS) is 16.6. The standard InChI is InChI=1S/C15H23FN2/c1-3-18(15-8-6-14(16)7-9-15)11-10-17-12(2)13-4-5-13/h6-9,12-13,17H,3-5,10-11H2,1-2H3. The Morgan fingerprint density at radius 1 is 1.33 bits per heavy atom. The topological polar surface area (TPSA) is 15.3 Å². The molecule has 0 heterocycles. The maximum Gasteiger partial charge on any atom is 0.123 e. The molecule has 1 aromatic rings. The van der Waals surface area contributed by atoms with E-state index < -0.39 is 0 Å². The van der Waals surface area contributed by atoms with E-state index in [1.54, 1.807) is 0 Å². The van der Waals surface area contributed by atoms with Gasteiger partial charge in [0.05, 0.1) is 0 Å². The van der Waals surface area contributed by atoms with Crippen LogP contribution in [0.15, 0.2) is 24.3 Å². The van der Waals surface area contributed by atoms with Gasteiger partial charge in [-0.3, -0.25) is 0 Å². The van der Waals surface area contributed by atoms with Crippen molar-refractivity contribution in [3.8, 4) is 0 Å². The van der Waals surface area contributed by atoms with Crippen LogP contribution >= 0.6 is 0 Å². The number of anilines is 1. The fourth-order valence-electron chi connectivity index (χ4n) is 2.31. The van der Waals surface area contributed by atoms with E-state index in [1.165, 1.54) is 25.0 Å². The maximum absolute atomic E-state index is 12.9. The van der Waals surface area contributed by atoms with Gasteiger partial charge in [0.2, 0.25) is 0 Å². The summed E-state index contributed by atoms with van der Waals surface area (Å²) in [5, 5.41) is 3.57. The molecule has 18 heavy (non-hydrogen) atoms. The van der Waals surface area contributed by atoms with Crippen LogP contribution < -0.4 is 10.2 Å². The predicted octanol–water partition coefficient (Wildman–Crippen LogP) is 3.04. The minimum absolute atomic E-state index is 0.171. The van der Waals surface area contributed by atoms with Crippen molar-refractivity contribution in [2.24, 2.45) is 5.92 Å². The van der Waals surface area contributed by atoms with Crippen molar-refractivity contribution < 1.29 is 4.39 Å². The quantitative estimate of drug-likeness (QED) is 0.800. The Labute approximate surface area is 109 Å². The number of hydrogen-bond donors (Lipinski definition) is 1. The maximum atomic E-state index is 12.9. The van der Waals surface area contributed by atoms with Crippen molar-refractivity contribution in [2.75, 3.05) is 24.5 Å². The van der Waals surface area contributed by atoms with Gasteiger partial charge < -0.3 is 10.2 Å². The van der Waals surface area contributed by atoms with Gasteiger partial charge in [-0.25, -0.2) is 4.39 Å². The summed E-state index contributed by atoms with van der Waals surface area (Å²) in [7, 11) is 0. The van der Waals surface area contributed by atoms with Crippen LogP contribution in [0.3, 0.4) is 0 Å². The minimum atomic E-state index is -0.171. The molecule has 1 saturated carbocycles. The van der Waals surface area contributed by atoms with E-state index in [9.17, 15) is 4.39 Å². The van der Waals surface area contributed by atoms with Crippen molar-refractivity contribution >= 4 is 5.69 Å². The number of benzene rings is 1. The molecule has 0 spiro atoms. The van der Waals surface area contributed by atoms with Gasteiger partial charge in [0.15, 0.2) is 0 Å². The fourth-order valence-corrected chi connectivity index (χ4v) is 2.31. The molecule has 1 fully saturated rings. The van der Waals surface area contributed by atoms with Gasteiger partial charge in [-0.05, 0) is 56.9 Å². The van der Waals surface area contributed by atoms with Gasteiger partial charge in [0, 0.05) is 31.4 Å². The van der Waals surface area contributed by atoms with Crippen LogP contribution in [-0.4, -0.2) is 25.7 Å². The molecule has 3 heteroatoms. The third kappa shape index (κ3) is 3.70. The molecule has 0 aromatic heterocycles. The molecule has 100 valence electrons. The molecule has 0 radical (unpaired) electrons. The average Bonchev–Trinajstić information content (AvgIpc) is 3.20. The van der Waals surface area contributed by atoms with Crippen LogP contribution in [0.5, 0.6) is 0 Å². The first kappa shape index (κ1) is 13.3. The number of nitrogens with one attached hydrogen (secondary N) is 1. The number of halogens is 1. The van der Waals surface area contributed by atoms with Crippen molar-refractivity contribution in [1.29, 1.82) is 0 Å². The molecule has 2 nitrogen and oxygen atoms in total. The predicted molar refractivity (Wildman–Crippen MR) is 74.5 cm³/mol. The van der Waals surface area contributed by atoms with Crippen molar-refractivity contribution in [1.82, 2.24) is 5.32 Å². The molecule has 0 amide bonds. The van der Waals surface area contributed by atoms with E-state index in [1.807, 2.05) is 12.1 Å². The second-order valence-corrected chi connectivity index (χ2v) is 5.14. The molecule has 0 bridgehead atoms. The van der Waals surface area contributed by atoms with Crippen LogP contribution in [0.2, 0.25) is 0 Å². The first-order chi connectivity index (χ1) is 8.70. The average molecular weight is 250 g/mol. The first-order valence-electron chi connectivity index (χ1n) is 6.94. The van der Waals surface area contributed by atoms with Crippen LogP contribution in [0.4, 0.5) is 10.1 Å². The molecule has 1 aromatic carbocycles. The van der Waals surface area contributed by atoms with Crippen LogP contribution in [0.1, 0.15) is 26.7 Å². The zero-order valence-corrected chi connectivity index (χ0v) is 11.3. The van der Waals surface area contributed by atoms with E-state index in [4.69, 9.17) is 0 Å². The molecule has 0 saturated heterocycles. The van der Waals surface area contributed by atoms with Gasteiger partial charge in [-0.2, -0.15) is 0 Å². The van der Waals surface area contributed by atoms with Crippen molar-refractivity contribution in [3.63, 3.8) is 0 Å². The van der Waals surface area contributed by atoms with Gasteiger partial charge in [0.1, 0.15) is 5.82 Å². The lowest BCUT2D eigenvalue weighted by molar-refractivity contribution is 0.498. The Morgan fingerprint density at radius 2 is 2.00 bits per heavy atom. The molecule has 1 aliphatic carbocycles. The Hall–Kier alpha value is -1.09. The Balaban J connectivity index is 1.79. The SMILES string of the molecule is CCN(CCNC(C)C1CC1)c1ccc(F)cc1. The van der Waals surface area contributed by atoms with Gasteiger partial charge in [0.25, 0.3) is 0 Å². The Morgan fingerprint density at radius 3 is 2.56 bits per heavy atom. The number of rotatable bonds is 7. The third-order valence-corrected chi connectivity index (χ3v) is 3.75. The lowest BCUT2D eigenvalue weighted by Crippen LogP contribution is -2.36. The zero-order valence-electron chi connectivity index (χ0n) is 11.3. The van der Waals surface area contributed by atoms with Crippen LogP contribution in [0.25, 0.3) is 0 Å². The molecular weight excluding hydrogens is 227 g/mol. The smallest absolute Gasteiger partial charge is 0.123 e. The van der Waals surface area contributed by atoms with E-state index in [2.05, 4.69) is 24.1 Å². The number of hydrogen-bond acceptors (Lipinski definition) is 2. The van der Waals surface area contributed by atoms with Crippen molar-refractivity contribution in [2.45, 2.75) is 32.7 Å². The lowest BCUT2D eigenvalue weighted by atomic mass is 10.2. The molecular formula is C15H23FN2. The fraction of sp³-hybridized carbons (Fsp3) is 0.600. The van der Waals surface area contributed by atoms with E-state index >= 15 is 0 Å². The molecule has 1 aliphatic rings. The van der Waals surface area contributed by atoms with Crippen molar-refractivity contribution in [3.05, 3.63) is 30.1 Å². The van der Waals surface area contributed by atoms with Gasteiger partial charge in [-0.15, -0.1) is 0 Å². The summed E-state index contributed by atoms with van der Waals surface area (Å²) >= 11 is 0. The summed E-state index contributed by atoms with van der Waals surface area (Å²) in [6.07, 6.45) is 2.76. The largest absolute Gasteiger partial charge is 0.371 e. The molecule has 2 rings (SSSR count). The van der Waals surface area contributed by atoms with E-state index in [0.29, 0.717) is 6.04 Å². The monoisotopic (exact) mass is 250 g/mol. The summed E-state index contributed by atoms with van der Waals surface area (Å²) < 4.78 is 12.9. The number of nitrogens with zero attached hydrogens (tertiary/aromatic N) is 1. The highest BCUT2D eigenvalue weighted by molar-refractivity contribution is 5.46. The van der Waals surface area contributed by atoms with E-state index in [0.717, 1.165) is 31.2 Å². The Bertz CT molecular complexity index is 359. The first-order valence-corrected chi connectivity index (χ1v) is 6.94. The highest BCUT2D eigenvalue weighted by Crippen LogP contribution is 2.32. The Kier molecular flexibility index (Phi) is 4.59. The minimum Gasteiger partial charge on any atom is -0.371 e. The molecule has 1 unspecified atom stereocenters. The molecule has 1 atom stereocenters. The van der Waals surface area contributed by atoms with Crippen LogP contribution in [-0.2, 0) is 0 Å². The highest BCUT2D eigenvalue weighted by Gasteiger charge is 2.27.